The molecule has 1 atom stereocenters. The number of aliphatic hydroxyl groups excluding tert-OH is 1. The van der Waals surface area contributed by atoms with E-state index in [1.54, 1.807) is 4.90 Å². The number of piperazine rings is 1. The van der Waals surface area contributed by atoms with E-state index in [0.717, 1.165) is 26.2 Å². The van der Waals surface area contributed by atoms with E-state index in [4.69, 9.17) is 0 Å². The first kappa shape index (κ1) is 15.8. The van der Waals surface area contributed by atoms with Crippen LogP contribution in [0.3, 0.4) is 0 Å². The summed E-state index contributed by atoms with van der Waals surface area (Å²) in [6, 6.07) is 10.3. The normalized spacial score (nSPS) is 17.6. The molecule has 1 aliphatic rings. The van der Waals surface area contributed by atoms with Gasteiger partial charge < -0.3 is 14.9 Å². The summed E-state index contributed by atoms with van der Waals surface area (Å²) in [6.45, 7) is 6.65. The van der Waals surface area contributed by atoms with Crippen LogP contribution in [0.15, 0.2) is 30.3 Å². The molecule has 2 rings (SSSR count). The van der Waals surface area contributed by atoms with Crippen LogP contribution in [0.25, 0.3) is 0 Å². The number of amides is 1. The molecule has 1 N–H and O–H groups in total. The Kier molecular flexibility index (Phi) is 5.59. The van der Waals surface area contributed by atoms with Gasteiger partial charge in [0.2, 0.25) is 0 Å². The molecular weight excluding hydrogens is 266 g/mol. The van der Waals surface area contributed by atoms with Gasteiger partial charge in [0.25, 0.3) is 5.91 Å². The highest BCUT2D eigenvalue weighted by molar-refractivity contribution is 5.80. The molecule has 1 aromatic rings. The van der Waals surface area contributed by atoms with E-state index in [9.17, 15) is 9.90 Å². The average molecular weight is 291 g/mol. The third kappa shape index (κ3) is 4.44. The summed E-state index contributed by atoms with van der Waals surface area (Å²) in [5.41, 5.74) is 1.22. The van der Waals surface area contributed by atoms with Gasteiger partial charge in [0, 0.05) is 52.0 Å². The van der Waals surface area contributed by atoms with E-state index in [2.05, 4.69) is 29.0 Å². The highest BCUT2D eigenvalue weighted by Gasteiger charge is 2.23. The second-order valence-corrected chi connectivity index (χ2v) is 5.60. The van der Waals surface area contributed by atoms with E-state index in [1.807, 2.05) is 18.2 Å². The summed E-state index contributed by atoms with van der Waals surface area (Å²) in [7, 11) is 2.10. The molecule has 0 aromatic heterocycles. The van der Waals surface area contributed by atoms with E-state index in [-0.39, 0.29) is 5.91 Å². The molecule has 5 heteroatoms. The van der Waals surface area contributed by atoms with Gasteiger partial charge in [-0.2, -0.15) is 0 Å². The summed E-state index contributed by atoms with van der Waals surface area (Å²) >= 11 is 0. The highest BCUT2D eigenvalue weighted by Crippen LogP contribution is 2.11. The van der Waals surface area contributed by atoms with Crippen molar-refractivity contribution in [2.24, 2.45) is 0 Å². The standard InChI is InChI=1S/C16H25N3O2/c1-14(20)16(21)19-12-10-18(11-13-19)9-8-17(2)15-6-4-3-5-7-15/h3-7,14,20H,8-13H2,1-2H3. The lowest BCUT2D eigenvalue weighted by Crippen LogP contribution is -2.52. The molecule has 21 heavy (non-hydrogen) atoms. The topological polar surface area (TPSA) is 47.0 Å². The molecule has 0 saturated carbocycles. The van der Waals surface area contributed by atoms with Gasteiger partial charge in [-0.1, -0.05) is 18.2 Å². The fourth-order valence-corrected chi connectivity index (χ4v) is 2.56. The third-order valence-corrected chi connectivity index (χ3v) is 3.99. The monoisotopic (exact) mass is 291 g/mol. The smallest absolute Gasteiger partial charge is 0.251 e. The molecular formula is C16H25N3O2. The van der Waals surface area contributed by atoms with Crippen molar-refractivity contribution in [2.45, 2.75) is 13.0 Å². The molecule has 1 aromatic carbocycles. The first-order valence-corrected chi connectivity index (χ1v) is 7.53. The van der Waals surface area contributed by atoms with Crippen LogP contribution in [0.5, 0.6) is 0 Å². The minimum absolute atomic E-state index is 0.156. The van der Waals surface area contributed by atoms with Crippen molar-refractivity contribution in [1.82, 2.24) is 9.80 Å². The summed E-state index contributed by atoms with van der Waals surface area (Å²) in [4.78, 5) is 18.1. The number of nitrogens with zero attached hydrogens (tertiary/aromatic N) is 3. The number of hydrogen-bond donors (Lipinski definition) is 1. The molecule has 116 valence electrons. The number of aliphatic hydroxyl groups is 1. The van der Waals surface area contributed by atoms with Crippen molar-refractivity contribution in [2.75, 3.05) is 51.2 Å². The van der Waals surface area contributed by atoms with Gasteiger partial charge >= 0.3 is 0 Å². The van der Waals surface area contributed by atoms with Crippen molar-refractivity contribution in [3.63, 3.8) is 0 Å². The molecule has 1 saturated heterocycles. The zero-order valence-electron chi connectivity index (χ0n) is 12.9. The lowest BCUT2D eigenvalue weighted by Gasteiger charge is -2.36. The Morgan fingerprint density at radius 1 is 1.24 bits per heavy atom. The van der Waals surface area contributed by atoms with Crippen LogP contribution >= 0.6 is 0 Å². The molecule has 0 spiro atoms. The lowest BCUT2D eigenvalue weighted by atomic mass is 10.2. The maximum Gasteiger partial charge on any atom is 0.251 e. The minimum atomic E-state index is -0.888. The predicted molar refractivity (Wildman–Crippen MR) is 84.4 cm³/mol. The molecule has 1 aliphatic heterocycles. The Balaban J connectivity index is 1.73. The lowest BCUT2D eigenvalue weighted by molar-refractivity contribution is -0.141. The Bertz CT molecular complexity index is 442. The van der Waals surface area contributed by atoms with Crippen LogP contribution in [-0.4, -0.2) is 73.2 Å². The summed E-state index contributed by atoms with van der Waals surface area (Å²) in [6.07, 6.45) is -0.888. The average Bonchev–Trinajstić information content (AvgIpc) is 2.53. The van der Waals surface area contributed by atoms with Crippen molar-refractivity contribution in [1.29, 1.82) is 0 Å². The molecule has 0 aliphatic carbocycles. The first-order chi connectivity index (χ1) is 10.1. The number of hydrogen-bond acceptors (Lipinski definition) is 4. The van der Waals surface area contributed by atoms with Gasteiger partial charge in [0.15, 0.2) is 0 Å². The molecule has 5 nitrogen and oxygen atoms in total. The fraction of sp³-hybridized carbons (Fsp3) is 0.562. The zero-order valence-corrected chi connectivity index (χ0v) is 12.9. The Hall–Kier alpha value is -1.59. The van der Waals surface area contributed by atoms with Crippen molar-refractivity contribution in [3.8, 4) is 0 Å². The molecule has 0 bridgehead atoms. The number of rotatable bonds is 5. The van der Waals surface area contributed by atoms with Crippen molar-refractivity contribution >= 4 is 11.6 Å². The zero-order chi connectivity index (χ0) is 15.2. The number of carbonyl (C=O) groups excluding carboxylic acids is 1. The second kappa shape index (κ2) is 7.43. The van der Waals surface area contributed by atoms with E-state index in [1.165, 1.54) is 12.6 Å². The fourth-order valence-electron chi connectivity index (χ4n) is 2.56. The maximum absolute atomic E-state index is 11.7. The molecule has 1 unspecified atom stereocenters. The van der Waals surface area contributed by atoms with Gasteiger partial charge in [-0.05, 0) is 19.1 Å². The summed E-state index contributed by atoms with van der Waals surface area (Å²) < 4.78 is 0. The molecule has 1 fully saturated rings. The summed E-state index contributed by atoms with van der Waals surface area (Å²) in [5, 5.41) is 9.33. The van der Waals surface area contributed by atoms with Crippen LogP contribution in [0.4, 0.5) is 5.69 Å². The Morgan fingerprint density at radius 2 is 1.86 bits per heavy atom. The Morgan fingerprint density at radius 3 is 2.43 bits per heavy atom. The number of anilines is 1. The first-order valence-electron chi connectivity index (χ1n) is 7.53. The number of para-hydroxylation sites is 1. The van der Waals surface area contributed by atoms with Crippen LogP contribution < -0.4 is 4.90 Å². The van der Waals surface area contributed by atoms with Gasteiger partial charge in [0.1, 0.15) is 6.10 Å². The molecule has 1 amide bonds. The SMILES string of the molecule is CC(O)C(=O)N1CCN(CCN(C)c2ccccc2)CC1. The van der Waals surface area contributed by atoms with E-state index >= 15 is 0 Å². The van der Waals surface area contributed by atoms with E-state index in [0.29, 0.717) is 13.1 Å². The quantitative estimate of drug-likeness (QED) is 0.865. The molecule has 0 radical (unpaired) electrons. The maximum atomic E-state index is 11.7. The van der Waals surface area contributed by atoms with Crippen LogP contribution in [-0.2, 0) is 4.79 Å². The summed E-state index contributed by atoms with van der Waals surface area (Å²) in [5.74, 6) is -0.156. The van der Waals surface area contributed by atoms with Crippen LogP contribution in [0, 0.1) is 0 Å². The molecule has 1 heterocycles. The predicted octanol–water partition coefficient (Wildman–Crippen LogP) is 0.648. The van der Waals surface area contributed by atoms with Gasteiger partial charge in [-0.3, -0.25) is 9.69 Å². The van der Waals surface area contributed by atoms with Crippen molar-refractivity contribution in [3.05, 3.63) is 30.3 Å². The van der Waals surface area contributed by atoms with Gasteiger partial charge in [0.05, 0.1) is 0 Å². The highest BCUT2D eigenvalue weighted by atomic mass is 16.3. The number of carbonyl (C=O) groups is 1. The van der Waals surface area contributed by atoms with Gasteiger partial charge in [-0.15, -0.1) is 0 Å². The van der Waals surface area contributed by atoms with Gasteiger partial charge in [-0.25, -0.2) is 0 Å². The van der Waals surface area contributed by atoms with Crippen LogP contribution in [0.1, 0.15) is 6.92 Å². The minimum Gasteiger partial charge on any atom is -0.384 e. The Labute approximate surface area is 126 Å². The third-order valence-electron chi connectivity index (χ3n) is 3.99. The largest absolute Gasteiger partial charge is 0.384 e. The van der Waals surface area contributed by atoms with Crippen molar-refractivity contribution < 1.29 is 9.90 Å². The van der Waals surface area contributed by atoms with Crippen LogP contribution in [0.2, 0.25) is 0 Å². The number of benzene rings is 1. The number of likely N-dealkylation sites (N-methyl/N-ethyl adjacent to an activating group) is 1. The van der Waals surface area contributed by atoms with E-state index < -0.39 is 6.10 Å². The second-order valence-electron chi connectivity index (χ2n) is 5.60.